The van der Waals surface area contributed by atoms with Gasteiger partial charge in [0.05, 0.1) is 18.3 Å². The molecule has 2 rings (SSSR count). The quantitative estimate of drug-likeness (QED) is 0.814. The molecule has 0 aliphatic carbocycles. The Hall–Kier alpha value is -0.940. The number of aryl methyl sites for hydroxylation is 3. The summed E-state index contributed by atoms with van der Waals surface area (Å²) >= 11 is 8.00. The third kappa shape index (κ3) is 4.04. The highest BCUT2D eigenvalue weighted by Gasteiger charge is 2.19. The van der Waals surface area contributed by atoms with Crippen LogP contribution in [0.15, 0.2) is 18.2 Å². The molecule has 0 aliphatic rings. The van der Waals surface area contributed by atoms with Crippen LogP contribution in [-0.2, 0) is 4.74 Å². The van der Waals surface area contributed by atoms with Crippen molar-refractivity contribution in [2.45, 2.75) is 26.8 Å². The molecule has 1 atom stereocenters. The van der Waals surface area contributed by atoms with Gasteiger partial charge in [-0.05, 0) is 38.0 Å². The van der Waals surface area contributed by atoms with Gasteiger partial charge in [-0.3, -0.25) is 0 Å². The molecule has 0 radical (unpaired) electrons. The molecule has 0 bridgehead atoms. The molecule has 0 saturated heterocycles. The molecule has 3 nitrogen and oxygen atoms in total. The minimum Gasteiger partial charge on any atom is -0.383 e. The highest BCUT2D eigenvalue weighted by atomic mass is 35.5. The van der Waals surface area contributed by atoms with Crippen LogP contribution in [0.1, 0.15) is 32.7 Å². The zero-order valence-corrected chi connectivity index (χ0v) is 14.4. The van der Waals surface area contributed by atoms with Gasteiger partial charge in [-0.1, -0.05) is 23.7 Å². The summed E-state index contributed by atoms with van der Waals surface area (Å²) in [7, 11) is 1.71. The number of rotatable bonds is 6. The summed E-state index contributed by atoms with van der Waals surface area (Å²) in [4.78, 5) is 5.94. The van der Waals surface area contributed by atoms with Gasteiger partial charge in [0.2, 0.25) is 0 Å². The Labute approximate surface area is 135 Å². The van der Waals surface area contributed by atoms with Crippen molar-refractivity contribution in [3.05, 3.63) is 49.9 Å². The van der Waals surface area contributed by atoms with Crippen molar-refractivity contribution in [1.82, 2.24) is 10.3 Å². The van der Waals surface area contributed by atoms with E-state index in [1.54, 1.807) is 18.4 Å². The minimum absolute atomic E-state index is 0.0515. The van der Waals surface area contributed by atoms with Crippen molar-refractivity contribution < 1.29 is 4.74 Å². The molecule has 1 aromatic heterocycles. The number of nitrogens with zero attached hydrogens (tertiary/aromatic N) is 1. The largest absolute Gasteiger partial charge is 0.383 e. The number of halogens is 1. The van der Waals surface area contributed by atoms with Crippen molar-refractivity contribution in [3.63, 3.8) is 0 Å². The predicted molar refractivity (Wildman–Crippen MR) is 89.5 cm³/mol. The number of ether oxygens (including phenoxy) is 1. The Bertz CT molecular complexity index is 593. The smallest absolute Gasteiger partial charge is 0.115 e. The number of hydrogen-bond donors (Lipinski definition) is 1. The second-order valence-corrected chi connectivity index (χ2v) is 6.72. The van der Waals surface area contributed by atoms with Crippen molar-refractivity contribution in [3.8, 4) is 0 Å². The summed E-state index contributed by atoms with van der Waals surface area (Å²) in [5, 5.41) is 5.36. The fourth-order valence-corrected chi connectivity index (χ4v) is 3.28. The third-order valence-electron chi connectivity index (χ3n) is 3.48. The standard InChI is InChI=1S/C16H21ClN2OS/c1-10-5-6-13(9-14(10)17)15(18-7-8-20-4)16-19-11(2)12(3)21-16/h5-6,9,15,18H,7-8H2,1-4H3. The third-order valence-corrected chi connectivity index (χ3v) is 5.02. The molecule has 0 fully saturated rings. The van der Waals surface area contributed by atoms with E-state index >= 15 is 0 Å². The summed E-state index contributed by atoms with van der Waals surface area (Å²) in [6, 6.07) is 6.23. The number of hydrogen-bond acceptors (Lipinski definition) is 4. The van der Waals surface area contributed by atoms with Crippen LogP contribution in [-0.4, -0.2) is 25.2 Å². The molecule has 1 N–H and O–H groups in total. The van der Waals surface area contributed by atoms with Crippen LogP contribution in [0.4, 0.5) is 0 Å². The van der Waals surface area contributed by atoms with Crippen LogP contribution in [0.25, 0.3) is 0 Å². The van der Waals surface area contributed by atoms with Crippen LogP contribution in [0, 0.1) is 20.8 Å². The number of aromatic nitrogens is 1. The van der Waals surface area contributed by atoms with Gasteiger partial charge in [-0.2, -0.15) is 0 Å². The summed E-state index contributed by atoms with van der Waals surface area (Å²) in [6.07, 6.45) is 0. The fraction of sp³-hybridized carbons (Fsp3) is 0.438. The molecule has 0 aliphatic heterocycles. The lowest BCUT2D eigenvalue weighted by atomic mass is 10.1. The molecule has 2 aromatic rings. The molecule has 5 heteroatoms. The molecule has 0 amide bonds. The first-order valence-electron chi connectivity index (χ1n) is 6.95. The normalized spacial score (nSPS) is 12.6. The summed E-state index contributed by atoms with van der Waals surface area (Å²) < 4.78 is 5.13. The molecule has 0 spiro atoms. The second kappa shape index (κ2) is 7.36. The monoisotopic (exact) mass is 324 g/mol. The van der Waals surface area contributed by atoms with E-state index in [1.807, 2.05) is 19.9 Å². The van der Waals surface area contributed by atoms with Gasteiger partial charge in [0.1, 0.15) is 5.01 Å². The summed E-state index contributed by atoms with van der Waals surface area (Å²) in [5.74, 6) is 0. The number of benzene rings is 1. The van der Waals surface area contributed by atoms with E-state index in [0.717, 1.165) is 33.4 Å². The van der Waals surface area contributed by atoms with Gasteiger partial charge in [-0.25, -0.2) is 4.98 Å². The molecule has 0 saturated carbocycles. The SMILES string of the molecule is COCCNC(c1ccc(C)c(Cl)c1)c1nc(C)c(C)s1. The average Bonchev–Trinajstić information content (AvgIpc) is 2.78. The summed E-state index contributed by atoms with van der Waals surface area (Å²) in [6.45, 7) is 7.59. The lowest BCUT2D eigenvalue weighted by Gasteiger charge is -2.17. The number of nitrogens with one attached hydrogen (secondary N) is 1. The molecular formula is C16H21ClN2OS. The maximum absolute atomic E-state index is 6.27. The van der Waals surface area contributed by atoms with Gasteiger partial charge in [-0.15, -0.1) is 11.3 Å². The van der Waals surface area contributed by atoms with Gasteiger partial charge in [0, 0.05) is 23.6 Å². The van der Waals surface area contributed by atoms with E-state index < -0.39 is 0 Å². The van der Waals surface area contributed by atoms with Crippen LogP contribution in [0.5, 0.6) is 0 Å². The number of thiazole rings is 1. The van der Waals surface area contributed by atoms with E-state index in [0.29, 0.717) is 6.61 Å². The van der Waals surface area contributed by atoms with Gasteiger partial charge in [0.15, 0.2) is 0 Å². The molecular weight excluding hydrogens is 304 g/mol. The number of methoxy groups -OCH3 is 1. The molecule has 1 heterocycles. The van der Waals surface area contributed by atoms with Gasteiger partial charge in [0.25, 0.3) is 0 Å². The van der Waals surface area contributed by atoms with Crippen LogP contribution in [0.3, 0.4) is 0 Å². The van der Waals surface area contributed by atoms with Gasteiger partial charge >= 0.3 is 0 Å². The van der Waals surface area contributed by atoms with Crippen molar-refractivity contribution in [2.75, 3.05) is 20.3 Å². The van der Waals surface area contributed by atoms with E-state index in [-0.39, 0.29) is 6.04 Å². The predicted octanol–water partition coefficient (Wildman–Crippen LogP) is 4.05. The van der Waals surface area contributed by atoms with Crippen LogP contribution >= 0.6 is 22.9 Å². The Morgan fingerprint density at radius 3 is 2.67 bits per heavy atom. The van der Waals surface area contributed by atoms with Crippen molar-refractivity contribution >= 4 is 22.9 Å². The Morgan fingerprint density at radius 2 is 2.10 bits per heavy atom. The first-order chi connectivity index (χ1) is 10.0. The zero-order valence-electron chi connectivity index (χ0n) is 12.9. The van der Waals surface area contributed by atoms with Gasteiger partial charge < -0.3 is 10.1 Å². The first kappa shape index (κ1) is 16.4. The van der Waals surface area contributed by atoms with E-state index in [2.05, 4.69) is 29.4 Å². The topological polar surface area (TPSA) is 34.1 Å². The molecule has 21 heavy (non-hydrogen) atoms. The maximum Gasteiger partial charge on any atom is 0.115 e. The maximum atomic E-state index is 6.27. The Kier molecular flexibility index (Phi) is 5.76. The lowest BCUT2D eigenvalue weighted by molar-refractivity contribution is 0.197. The van der Waals surface area contributed by atoms with Crippen molar-refractivity contribution in [2.24, 2.45) is 0 Å². The average molecular weight is 325 g/mol. The summed E-state index contributed by atoms with van der Waals surface area (Å²) in [5.41, 5.74) is 3.31. The molecule has 1 aromatic carbocycles. The van der Waals surface area contributed by atoms with E-state index in [4.69, 9.17) is 16.3 Å². The van der Waals surface area contributed by atoms with Crippen LogP contribution < -0.4 is 5.32 Å². The molecule has 114 valence electrons. The van der Waals surface area contributed by atoms with E-state index in [9.17, 15) is 0 Å². The first-order valence-corrected chi connectivity index (χ1v) is 8.14. The Morgan fingerprint density at radius 1 is 1.33 bits per heavy atom. The fourth-order valence-electron chi connectivity index (χ4n) is 2.06. The second-order valence-electron chi connectivity index (χ2n) is 5.08. The van der Waals surface area contributed by atoms with Crippen molar-refractivity contribution in [1.29, 1.82) is 0 Å². The highest BCUT2D eigenvalue weighted by molar-refractivity contribution is 7.11. The zero-order chi connectivity index (χ0) is 15.4. The minimum atomic E-state index is 0.0515. The van der Waals surface area contributed by atoms with E-state index in [1.165, 1.54) is 4.88 Å². The highest BCUT2D eigenvalue weighted by Crippen LogP contribution is 2.30. The van der Waals surface area contributed by atoms with Crippen LogP contribution in [0.2, 0.25) is 5.02 Å². The molecule has 1 unspecified atom stereocenters. The Balaban J connectivity index is 2.32. The lowest BCUT2D eigenvalue weighted by Crippen LogP contribution is -2.26.